The van der Waals surface area contributed by atoms with Crippen LogP contribution in [0.4, 0.5) is 0 Å². The molecule has 0 unspecified atom stereocenters. The third kappa shape index (κ3) is 2.29. The van der Waals surface area contributed by atoms with Gasteiger partial charge in [0, 0.05) is 23.2 Å². The first kappa shape index (κ1) is 14.7. The highest BCUT2D eigenvalue weighted by atomic mass is 32.1. The fourth-order valence-corrected chi connectivity index (χ4v) is 3.69. The number of carbonyl (C=O) groups excluding carboxylic acids is 1. The van der Waals surface area contributed by atoms with Crippen molar-refractivity contribution in [2.75, 3.05) is 0 Å². The Labute approximate surface area is 131 Å². The van der Waals surface area contributed by atoms with E-state index in [-0.39, 0.29) is 11.3 Å². The maximum Gasteiger partial charge on any atom is 0.291 e. The number of hydrogen-bond acceptors (Lipinski definition) is 4. The van der Waals surface area contributed by atoms with Crippen molar-refractivity contribution in [3.05, 3.63) is 40.1 Å². The third-order valence-electron chi connectivity index (χ3n) is 3.65. The Morgan fingerprint density at radius 2 is 2.27 bits per heavy atom. The highest BCUT2D eigenvalue weighted by Gasteiger charge is 2.17. The van der Waals surface area contributed by atoms with E-state index in [1.54, 1.807) is 23.6 Å². The van der Waals surface area contributed by atoms with E-state index < -0.39 is 0 Å². The lowest BCUT2D eigenvalue weighted by molar-refractivity contribution is -0.117. The highest BCUT2D eigenvalue weighted by molar-refractivity contribution is 7.20. The predicted octanol–water partition coefficient (Wildman–Crippen LogP) is 2.89. The molecule has 114 valence electrons. The van der Waals surface area contributed by atoms with E-state index in [9.17, 15) is 9.59 Å². The van der Waals surface area contributed by atoms with Crippen LogP contribution in [0.5, 0.6) is 0 Å². The number of aryl methyl sites for hydroxylation is 2. The number of rotatable bonds is 5. The van der Waals surface area contributed by atoms with Gasteiger partial charge >= 0.3 is 0 Å². The van der Waals surface area contributed by atoms with Crippen LogP contribution >= 0.6 is 11.3 Å². The van der Waals surface area contributed by atoms with Gasteiger partial charge < -0.3 is 4.57 Å². The van der Waals surface area contributed by atoms with Gasteiger partial charge in [-0.25, -0.2) is 4.68 Å². The zero-order valence-electron chi connectivity index (χ0n) is 12.6. The molecular formula is C16H17N3O2S. The van der Waals surface area contributed by atoms with Crippen molar-refractivity contribution in [3.8, 4) is 0 Å². The lowest BCUT2D eigenvalue weighted by Crippen LogP contribution is -2.25. The lowest BCUT2D eigenvalue weighted by atomic mass is 10.3. The van der Waals surface area contributed by atoms with Gasteiger partial charge in [0.25, 0.3) is 5.56 Å². The summed E-state index contributed by atoms with van der Waals surface area (Å²) in [6, 6.07) is 2.09. The molecule has 0 aliphatic rings. The Balaban J connectivity index is 2.28. The molecule has 0 N–H and O–H groups in total. The van der Waals surface area contributed by atoms with Crippen LogP contribution in [0.3, 0.4) is 0 Å². The van der Waals surface area contributed by atoms with Crippen molar-refractivity contribution >= 4 is 38.2 Å². The molecule has 0 amide bonds. The molecule has 3 heterocycles. The molecule has 0 fully saturated rings. The summed E-state index contributed by atoms with van der Waals surface area (Å²) in [7, 11) is 0. The molecule has 3 aromatic rings. The van der Waals surface area contributed by atoms with Crippen LogP contribution < -0.4 is 5.56 Å². The van der Waals surface area contributed by atoms with Gasteiger partial charge in [-0.1, -0.05) is 6.08 Å². The summed E-state index contributed by atoms with van der Waals surface area (Å²) >= 11 is 1.66. The molecule has 0 saturated carbocycles. The van der Waals surface area contributed by atoms with E-state index in [0.717, 1.165) is 15.6 Å². The molecule has 0 aliphatic heterocycles. The molecule has 6 heteroatoms. The molecular weight excluding hydrogens is 298 g/mol. The zero-order chi connectivity index (χ0) is 15.9. The Morgan fingerprint density at radius 1 is 1.50 bits per heavy atom. The van der Waals surface area contributed by atoms with Crippen LogP contribution in [0.25, 0.3) is 21.1 Å². The van der Waals surface area contributed by atoms with Crippen molar-refractivity contribution in [1.82, 2.24) is 14.3 Å². The fraction of sp³-hybridized carbons (Fsp3) is 0.312. The van der Waals surface area contributed by atoms with E-state index in [2.05, 4.69) is 24.7 Å². The van der Waals surface area contributed by atoms with Crippen LogP contribution in [0.1, 0.15) is 18.2 Å². The summed E-state index contributed by atoms with van der Waals surface area (Å²) in [4.78, 5) is 25.1. The van der Waals surface area contributed by atoms with Gasteiger partial charge in [-0.3, -0.25) is 9.59 Å². The normalized spacial score (nSPS) is 11.4. The lowest BCUT2D eigenvalue weighted by Gasteiger charge is -2.06. The number of hydrogen-bond donors (Lipinski definition) is 0. The van der Waals surface area contributed by atoms with Gasteiger partial charge in [-0.2, -0.15) is 5.10 Å². The minimum Gasteiger partial charge on any atom is -0.331 e. The maximum absolute atomic E-state index is 12.7. The average molecular weight is 315 g/mol. The monoisotopic (exact) mass is 315 g/mol. The first-order valence-electron chi connectivity index (χ1n) is 7.11. The minimum atomic E-state index is -0.151. The first-order chi connectivity index (χ1) is 10.5. The van der Waals surface area contributed by atoms with Gasteiger partial charge in [0.15, 0.2) is 0 Å². The molecule has 0 aliphatic carbocycles. The van der Waals surface area contributed by atoms with E-state index >= 15 is 0 Å². The fourth-order valence-electron chi connectivity index (χ4n) is 2.66. The van der Waals surface area contributed by atoms with Gasteiger partial charge in [0.2, 0.25) is 0 Å². The first-order valence-corrected chi connectivity index (χ1v) is 7.93. The average Bonchev–Trinajstić information content (AvgIpc) is 2.96. The zero-order valence-corrected chi connectivity index (χ0v) is 13.4. The third-order valence-corrected chi connectivity index (χ3v) is 4.72. The van der Waals surface area contributed by atoms with Crippen LogP contribution in [-0.4, -0.2) is 20.1 Å². The molecule has 3 rings (SSSR count). The van der Waals surface area contributed by atoms with Crippen molar-refractivity contribution < 1.29 is 4.79 Å². The van der Waals surface area contributed by atoms with Gasteiger partial charge in [0.05, 0.1) is 23.0 Å². The van der Waals surface area contributed by atoms with Crippen molar-refractivity contribution in [3.63, 3.8) is 0 Å². The molecule has 0 saturated heterocycles. The standard InChI is InChI=1S/C16H17N3O2S/c1-4-6-18-13-8-11(3)22-15(13)12-9-17-19(7-5-10(2)20)16(21)14(12)18/h4,8-9H,1,5-7H2,2-3H3. The molecule has 3 aromatic heterocycles. The van der Waals surface area contributed by atoms with E-state index in [1.807, 2.05) is 4.57 Å². The molecule has 0 radical (unpaired) electrons. The summed E-state index contributed by atoms with van der Waals surface area (Å²) in [5.41, 5.74) is 1.53. The second-order valence-electron chi connectivity index (χ2n) is 5.36. The number of fused-ring (bicyclic) bond motifs is 3. The van der Waals surface area contributed by atoms with Crippen LogP contribution in [0.15, 0.2) is 29.7 Å². The van der Waals surface area contributed by atoms with Crippen LogP contribution in [0.2, 0.25) is 0 Å². The van der Waals surface area contributed by atoms with Gasteiger partial charge in [-0.15, -0.1) is 17.9 Å². The molecule has 0 aromatic carbocycles. The Morgan fingerprint density at radius 3 is 2.95 bits per heavy atom. The van der Waals surface area contributed by atoms with Crippen molar-refractivity contribution in [2.45, 2.75) is 33.4 Å². The smallest absolute Gasteiger partial charge is 0.291 e. The number of thiophene rings is 1. The number of carbonyl (C=O) groups is 1. The minimum absolute atomic E-state index is 0.0480. The maximum atomic E-state index is 12.7. The van der Waals surface area contributed by atoms with E-state index in [1.165, 1.54) is 16.5 Å². The largest absolute Gasteiger partial charge is 0.331 e. The summed E-state index contributed by atoms with van der Waals surface area (Å²) in [6.07, 6.45) is 3.83. The number of Topliss-reactive ketones (excluding diaryl/α,β-unsaturated/α-hetero) is 1. The highest BCUT2D eigenvalue weighted by Crippen LogP contribution is 2.33. The number of allylic oxidation sites excluding steroid dienone is 1. The van der Waals surface area contributed by atoms with Crippen LogP contribution in [-0.2, 0) is 17.9 Å². The second kappa shape index (κ2) is 5.53. The van der Waals surface area contributed by atoms with Crippen molar-refractivity contribution in [2.24, 2.45) is 0 Å². The van der Waals surface area contributed by atoms with E-state index in [4.69, 9.17) is 0 Å². The molecule has 0 spiro atoms. The van der Waals surface area contributed by atoms with E-state index in [0.29, 0.717) is 25.0 Å². The topological polar surface area (TPSA) is 56.9 Å². The van der Waals surface area contributed by atoms with Gasteiger partial charge in [0.1, 0.15) is 11.3 Å². The second-order valence-corrected chi connectivity index (χ2v) is 6.61. The quantitative estimate of drug-likeness (QED) is 0.680. The Bertz CT molecular complexity index is 946. The molecule has 5 nitrogen and oxygen atoms in total. The van der Waals surface area contributed by atoms with Crippen molar-refractivity contribution in [1.29, 1.82) is 0 Å². The Kier molecular flexibility index (Phi) is 3.70. The summed E-state index contributed by atoms with van der Waals surface area (Å²) in [6.45, 7) is 8.24. The number of ketones is 1. The summed E-state index contributed by atoms with van der Waals surface area (Å²) in [5, 5.41) is 5.10. The summed E-state index contributed by atoms with van der Waals surface area (Å²) < 4.78 is 4.44. The summed E-state index contributed by atoms with van der Waals surface area (Å²) in [5.74, 6) is 0.0480. The molecule has 22 heavy (non-hydrogen) atoms. The van der Waals surface area contributed by atoms with Crippen LogP contribution in [0, 0.1) is 6.92 Å². The Hall–Kier alpha value is -2.21. The molecule has 0 bridgehead atoms. The number of nitrogens with zero attached hydrogens (tertiary/aromatic N) is 3. The predicted molar refractivity (Wildman–Crippen MR) is 89.6 cm³/mol. The molecule has 0 atom stereocenters. The SMILES string of the molecule is C=CCn1c2cc(C)sc2c2cnn(CCC(C)=O)c(=O)c21. The van der Waals surface area contributed by atoms with Gasteiger partial charge in [-0.05, 0) is 19.9 Å². The number of aromatic nitrogens is 3.